The Balaban J connectivity index is 2.95. The maximum absolute atomic E-state index is 8.93. The van der Waals surface area contributed by atoms with E-state index >= 15 is 0 Å². The largest absolute Gasteiger partial charge is 0.388 e. The third-order valence-corrected chi connectivity index (χ3v) is 0.873. The van der Waals surface area contributed by atoms with Crippen LogP contribution in [-0.4, -0.2) is 38.1 Å². The molecule has 0 rings (SSSR count). The number of methoxy groups -OCH3 is 1. The minimum atomic E-state index is -0.477. The highest BCUT2D eigenvalue weighted by Gasteiger charge is 2.00. The van der Waals surface area contributed by atoms with Crippen molar-refractivity contribution < 1.29 is 14.6 Å². The van der Waals surface area contributed by atoms with Crippen LogP contribution in [-0.2, 0) is 9.47 Å². The van der Waals surface area contributed by atoms with Crippen LogP contribution in [0.4, 0.5) is 0 Å². The summed E-state index contributed by atoms with van der Waals surface area (Å²) in [5.41, 5.74) is 0. The first-order valence-electron chi connectivity index (χ1n) is 3.06. The van der Waals surface area contributed by atoms with Crippen LogP contribution < -0.4 is 0 Å². The summed E-state index contributed by atoms with van der Waals surface area (Å²) in [5, 5.41) is 8.93. The van der Waals surface area contributed by atoms with Gasteiger partial charge in [-0.15, -0.1) is 0 Å². The Labute approximate surface area is 55.6 Å². The number of aliphatic hydroxyl groups is 1. The summed E-state index contributed by atoms with van der Waals surface area (Å²) >= 11 is 0. The predicted molar refractivity (Wildman–Crippen MR) is 34.4 cm³/mol. The highest BCUT2D eigenvalue weighted by molar-refractivity contribution is 4.48. The van der Waals surface area contributed by atoms with Crippen LogP contribution in [0.5, 0.6) is 0 Å². The molecule has 3 nitrogen and oxygen atoms in total. The summed E-state index contributed by atoms with van der Waals surface area (Å²) in [6.45, 7) is 3.24. The van der Waals surface area contributed by atoms with Gasteiger partial charge in [-0.1, -0.05) is 0 Å². The molecule has 0 aromatic heterocycles. The summed E-state index contributed by atoms with van der Waals surface area (Å²) in [4.78, 5) is 0. The maximum Gasteiger partial charge on any atom is 0.101 e. The van der Waals surface area contributed by atoms with E-state index in [2.05, 4.69) is 4.74 Å². The first-order chi connectivity index (χ1) is 4.31. The van der Waals surface area contributed by atoms with Gasteiger partial charge in [0, 0.05) is 13.7 Å². The van der Waals surface area contributed by atoms with Gasteiger partial charge in [0.25, 0.3) is 0 Å². The van der Waals surface area contributed by atoms with Crippen LogP contribution in [0, 0.1) is 0 Å². The smallest absolute Gasteiger partial charge is 0.101 e. The normalized spacial score (nSPS) is 13.7. The maximum atomic E-state index is 8.93. The zero-order valence-corrected chi connectivity index (χ0v) is 5.96. The van der Waals surface area contributed by atoms with Crippen LogP contribution in [0.15, 0.2) is 0 Å². The number of hydrogen-bond donors (Lipinski definition) is 1. The summed E-state index contributed by atoms with van der Waals surface area (Å²) in [6.07, 6.45) is -0.477. The molecular formula is C6H14O3. The van der Waals surface area contributed by atoms with E-state index in [9.17, 15) is 0 Å². The fourth-order valence-corrected chi connectivity index (χ4v) is 0.494. The van der Waals surface area contributed by atoms with Gasteiger partial charge >= 0.3 is 0 Å². The molecule has 0 aromatic rings. The molecule has 0 spiro atoms. The van der Waals surface area contributed by atoms with Crippen LogP contribution in [0.25, 0.3) is 0 Å². The Morgan fingerprint density at radius 3 is 2.56 bits per heavy atom. The van der Waals surface area contributed by atoms with E-state index in [1.807, 2.05) is 6.92 Å². The quantitative estimate of drug-likeness (QED) is 0.576. The van der Waals surface area contributed by atoms with Crippen molar-refractivity contribution in [2.24, 2.45) is 0 Å². The highest BCUT2D eigenvalue weighted by atomic mass is 16.5. The topological polar surface area (TPSA) is 38.7 Å². The Morgan fingerprint density at radius 1 is 1.44 bits per heavy atom. The SMILES string of the molecule is CCOC[C@@H](O)COC. The van der Waals surface area contributed by atoms with Gasteiger partial charge in [0.1, 0.15) is 6.10 Å². The van der Waals surface area contributed by atoms with E-state index in [0.717, 1.165) is 0 Å². The second kappa shape index (κ2) is 6.01. The third kappa shape index (κ3) is 5.76. The average Bonchev–Trinajstić information content (AvgIpc) is 1.85. The van der Waals surface area contributed by atoms with Crippen molar-refractivity contribution in [3.8, 4) is 0 Å². The van der Waals surface area contributed by atoms with Crippen LogP contribution in [0.3, 0.4) is 0 Å². The molecule has 0 fully saturated rings. The second-order valence-corrected chi connectivity index (χ2v) is 1.77. The minimum absolute atomic E-state index is 0.347. The van der Waals surface area contributed by atoms with Crippen molar-refractivity contribution in [3.05, 3.63) is 0 Å². The Hall–Kier alpha value is -0.120. The lowest BCUT2D eigenvalue weighted by Crippen LogP contribution is -2.20. The van der Waals surface area contributed by atoms with E-state index in [-0.39, 0.29) is 0 Å². The van der Waals surface area contributed by atoms with Crippen molar-refractivity contribution >= 4 is 0 Å². The zero-order chi connectivity index (χ0) is 7.11. The van der Waals surface area contributed by atoms with Gasteiger partial charge in [-0.25, -0.2) is 0 Å². The second-order valence-electron chi connectivity index (χ2n) is 1.77. The molecule has 0 aliphatic rings. The monoisotopic (exact) mass is 134 g/mol. The van der Waals surface area contributed by atoms with E-state index in [4.69, 9.17) is 9.84 Å². The van der Waals surface area contributed by atoms with Crippen LogP contribution >= 0.6 is 0 Å². The molecule has 1 atom stereocenters. The van der Waals surface area contributed by atoms with Gasteiger partial charge in [-0.05, 0) is 6.92 Å². The highest BCUT2D eigenvalue weighted by Crippen LogP contribution is 1.84. The van der Waals surface area contributed by atoms with E-state index in [1.54, 1.807) is 7.11 Å². The van der Waals surface area contributed by atoms with Crippen molar-refractivity contribution in [3.63, 3.8) is 0 Å². The van der Waals surface area contributed by atoms with Gasteiger partial charge in [-0.3, -0.25) is 0 Å². The molecule has 0 saturated heterocycles. The Kier molecular flexibility index (Phi) is 5.93. The lowest BCUT2D eigenvalue weighted by molar-refractivity contribution is -0.00263. The molecule has 0 unspecified atom stereocenters. The summed E-state index contributed by atoms with van der Waals surface area (Å²) < 4.78 is 9.59. The molecule has 9 heavy (non-hydrogen) atoms. The summed E-state index contributed by atoms with van der Waals surface area (Å²) in [6, 6.07) is 0. The molecule has 0 saturated carbocycles. The minimum Gasteiger partial charge on any atom is -0.388 e. The first kappa shape index (κ1) is 8.88. The molecule has 1 N–H and O–H groups in total. The van der Waals surface area contributed by atoms with Crippen molar-refractivity contribution in [1.29, 1.82) is 0 Å². The Bertz CT molecular complexity index is 56.3. The van der Waals surface area contributed by atoms with Crippen molar-refractivity contribution in [2.75, 3.05) is 26.9 Å². The number of aliphatic hydroxyl groups excluding tert-OH is 1. The molecule has 0 aliphatic heterocycles. The molecule has 56 valence electrons. The Morgan fingerprint density at radius 2 is 2.11 bits per heavy atom. The van der Waals surface area contributed by atoms with Crippen LogP contribution in [0.2, 0.25) is 0 Å². The van der Waals surface area contributed by atoms with E-state index in [1.165, 1.54) is 0 Å². The number of rotatable bonds is 5. The fraction of sp³-hybridized carbons (Fsp3) is 1.00. The standard InChI is InChI=1S/C6H14O3/c1-3-9-5-6(7)4-8-2/h6-7H,3-5H2,1-2H3/t6-/m0/s1. The van der Waals surface area contributed by atoms with Crippen LogP contribution in [0.1, 0.15) is 6.92 Å². The van der Waals surface area contributed by atoms with E-state index in [0.29, 0.717) is 19.8 Å². The molecular weight excluding hydrogens is 120 g/mol. The van der Waals surface area contributed by atoms with Gasteiger partial charge in [0.05, 0.1) is 13.2 Å². The summed E-state index contributed by atoms with van der Waals surface area (Å²) in [5.74, 6) is 0. The van der Waals surface area contributed by atoms with Crippen molar-refractivity contribution in [2.45, 2.75) is 13.0 Å². The zero-order valence-electron chi connectivity index (χ0n) is 5.96. The average molecular weight is 134 g/mol. The third-order valence-electron chi connectivity index (χ3n) is 0.873. The summed E-state index contributed by atoms with van der Waals surface area (Å²) in [7, 11) is 1.55. The lowest BCUT2D eigenvalue weighted by atomic mass is 10.4. The lowest BCUT2D eigenvalue weighted by Gasteiger charge is -2.07. The molecule has 0 radical (unpaired) electrons. The van der Waals surface area contributed by atoms with Gasteiger partial charge in [0.2, 0.25) is 0 Å². The van der Waals surface area contributed by atoms with E-state index < -0.39 is 6.10 Å². The molecule has 0 aliphatic carbocycles. The van der Waals surface area contributed by atoms with Gasteiger partial charge in [0.15, 0.2) is 0 Å². The molecule has 0 heterocycles. The van der Waals surface area contributed by atoms with Gasteiger partial charge < -0.3 is 14.6 Å². The molecule has 3 heteroatoms. The molecule has 0 amide bonds. The van der Waals surface area contributed by atoms with Gasteiger partial charge in [-0.2, -0.15) is 0 Å². The first-order valence-corrected chi connectivity index (χ1v) is 3.06. The number of hydrogen-bond acceptors (Lipinski definition) is 3. The fourth-order valence-electron chi connectivity index (χ4n) is 0.494. The van der Waals surface area contributed by atoms with Crippen molar-refractivity contribution in [1.82, 2.24) is 0 Å². The molecule has 0 bridgehead atoms. The predicted octanol–water partition coefficient (Wildman–Crippen LogP) is 0.0302. The molecule has 0 aromatic carbocycles. The number of ether oxygens (including phenoxy) is 2.